The first-order valence-electron chi connectivity index (χ1n) is 10.3. The van der Waals surface area contributed by atoms with E-state index in [-0.39, 0.29) is 16.5 Å². The molecule has 2 aromatic rings. The van der Waals surface area contributed by atoms with Crippen molar-refractivity contribution in [2.45, 2.75) is 19.0 Å². The number of pyridine rings is 1. The number of alkyl halides is 3. The van der Waals surface area contributed by atoms with Crippen molar-refractivity contribution in [2.75, 3.05) is 24.5 Å². The van der Waals surface area contributed by atoms with Crippen molar-refractivity contribution in [2.24, 2.45) is 5.92 Å². The van der Waals surface area contributed by atoms with Crippen molar-refractivity contribution < 1.29 is 27.6 Å². The molecule has 0 spiro atoms. The van der Waals surface area contributed by atoms with Crippen LogP contribution >= 0.6 is 11.8 Å². The summed E-state index contributed by atoms with van der Waals surface area (Å²) in [5, 5.41) is 4.43. The quantitative estimate of drug-likeness (QED) is 0.612. The number of rotatable bonds is 5. The van der Waals surface area contributed by atoms with E-state index < -0.39 is 28.9 Å². The van der Waals surface area contributed by atoms with Crippen LogP contribution in [-0.2, 0) is 11.0 Å². The SMILES string of the molecule is O=C1NC(=O)/C(=C\c2ccnc(N3CCC(CNC(=O)c4cccc(C(F)(F)F)n4)CC3)n2)S1. The van der Waals surface area contributed by atoms with Gasteiger partial charge < -0.3 is 10.2 Å². The zero-order valence-corrected chi connectivity index (χ0v) is 18.4. The fourth-order valence-corrected chi connectivity index (χ4v) is 4.20. The maximum Gasteiger partial charge on any atom is 0.433 e. The first kappa shape index (κ1) is 23.7. The van der Waals surface area contributed by atoms with Crippen molar-refractivity contribution in [3.8, 4) is 0 Å². The second kappa shape index (κ2) is 9.79. The zero-order valence-electron chi connectivity index (χ0n) is 17.6. The monoisotopic (exact) mass is 492 g/mol. The Kier molecular flexibility index (Phi) is 6.82. The zero-order chi connectivity index (χ0) is 24.3. The van der Waals surface area contributed by atoms with Gasteiger partial charge in [-0.15, -0.1) is 0 Å². The minimum atomic E-state index is -4.61. The largest absolute Gasteiger partial charge is 0.433 e. The lowest BCUT2D eigenvalue weighted by Crippen LogP contribution is -2.39. The number of carbonyl (C=O) groups is 3. The molecule has 4 rings (SSSR count). The molecule has 2 N–H and O–H groups in total. The standard InChI is InChI=1S/C21H19F3N6O3S/c22-21(23,24)16-3-1-2-14(28-16)17(31)26-11-12-5-8-30(9-6-12)19-25-7-4-13(27-19)10-15-18(32)29-20(33)34-15/h1-4,7,10,12H,5-6,8-9,11H2,(H,26,31)(H,29,32,33)/b15-10+. The molecule has 178 valence electrons. The summed E-state index contributed by atoms with van der Waals surface area (Å²) in [5.74, 6) is -0.483. The summed E-state index contributed by atoms with van der Waals surface area (Å²) in [6, 6.07) is 4.86. The summed E-state index contributed by atoms with van der Waals surface area (Å²) in [6.45, 7) is 1.56. The molecule has 9 nitrogen and oxygen atoms in total. The van der Waals surface area contributed by atoms with E-state index in [1.165, 1.54) is 12.1 Å². The van der Waals surface area contributed by atoms with Gasteiger partial charge in [0, 0.05) is 25.8 Å². The number of piperidine rings is 1. The van der Waals surface area contributed by atoms with Gasteiger partial charge in [0.2, 0.25) is 5.95 Å². The molecule has 0 saturated carbocycles. The summed E-state index contributed by atoms with van der Waals surface area (Å²) < 4.78 is 38.4. The van der Waals surface area contributed by atoms with Crippen LogP contribution in [-0.4, -0.2) is 51.6 Å². The van der Waals surface area contributed by atoms with Crippen LogP contribution in [0, 0.1) is 5.92 Å². The van der Waals surface area contributed by atoms with E-state index in [9.17, 15) is 27.6 Å². The topological polar surface area (TPSA) is 117 Å². The summed E-state index contributed by atoms with van der Waals surface area (Å²) in [4.78, 5) is 49.6. The molecule has 2 aliphatic rings. The highest BCUT2D eigenvalue weighted by atomic mass is 32.2. The van der Waals surface area contributed by atoms with Gasteiger partial charge in [0.15, 0.2) is 0 Å². The number of hydrogen-bond acceptors (Lipinski definition) is 8. The van der Waals surface area contributed by atoms with E-state index in [1.54, 1.807) is 12.3 Å². The highest BCUT2D eigenvalue weighted by molar-refractivity contribution is 8.18. The molecule has 2 fully saturated rings. The van der Waals surface area contributed by atoms with Gasteiger partial charge in [0.05, 0.1) is 10.6 Å². The number of halogens is 3. The van der Waals surface area contributed by atoms with E-state index in [0.717, 1.165) is 36.7 Å². The molecule has 0 bridgehead atoms. The third kappa shape index (κ3) is 5.71. The fraction of sp³-hybridized carbons (Fsp3) is 0.333. The Bertz CT molecular complexity index is 1150. The normalized spacial score (nSPS) is 18.3. The molecule has 4 heterocycles. The van der Waals surface area contributed by atoms with Gasteiger partial charge in [-0.1, -0.05) is 6.07 Å². The van der Waals surface area contributed by atoms with Gasteiger partial charge in [-0.2, -0.15) is 13.2 Å². The Morgan fingerprint density at radius 2 is 1.97 bits per heavy atom. The van der Waals surface area contributed by atoms with E-state index in [2.05, 4.69) is 25.6 Å². The average molecular weight is 492 g/mol. The number of aromatic nitrogens is 3. The Balaban J connectivity index is 1.30. The minimum Gasteiger partial charge on any atom is -0.350 e. The molecule has 0 aromatic carbocycles. The number of imide groups is 1. The van der Waals surface area contributed by atoms with Gasteiger partial charge in [-0.3, -0.25) is 19.7 Å². The number of nitrogens with one attached hydrogen (secondary N) is 2. The van der Waals surface area contributed by atoms with Crippen LogP contribution in [0.4, 0.5) is 23.9 Å². The number of anilines is 1. The van der Waals surface area contributed by atoms with Crippen molar-refractivity contribution in [3.05, 3.63) is 52.4 Å². The molecule has 2 aliphatic heterocycles. The number of hydrogen-bond donors (Lipinski definition) is 2. The lowest BCUT2D eigenvalue weighted by molar-refractivity contribution is -0.141. The predicted molar refractivity (Wildman–Crippen MR) is 118 cm³/mol. The summed E-state index contributed by atoms with van der Waals surface area (Å²) in [5.41, 5.74) is -0.882. The van der Waals surface area contributed by atoms with Crippen LogP contribution in [0.15, 0.2) is 35.4 Å². The molecular weight excluding hydrogens is 473 g/mol. The second-order valence-corrected chi connectivity index (χ2v) is 8.69. The maximum atomic E-state index is 12.8. The summed E-state index contributed by atoms with van der Waals surface area (Å²) >= 11 is 0.811. The van der Waals surface area contributed by atoms with Gasteiger partial charge in [-0.25, -0.2) is 15.0 Å². The first-order chi connectivity index (χ1) is 16.2. The van der Waals surface area contributed by atoms with Crippen LogP contribution in [0.5, 0.6) is 0 Å². The smallest absolute Gasteiger partial charge is 0.350 e. The molecular formula is C21H19F3N6O3S. The highest BCUT2D eigenvalue weighted by Crippen LogP contribution is 2.28. The van der Waals surface area contributed by atoms with Crippen LogP contribution < -0.4 is 15.5 Å². The minimum absolute atomic E-state index is 0.140. The van der Waals surface area contributed by atoms with Gasteiger partial charge in [0.1, 0.15) is 11.4 Å². The van der Waals surface area contributed by atoms with Crippen LogP contribution in [0.2, 0.25) is 0 Å². The third-order valence-electron chi connectivity index (χ3n) is 5.31. The molecule has 3 amide bonds. The Morgan fingerprint density at radius 3 is 2.65 bits per heavy atom. The van der Waals surface area contributed by atoms with E-state index in [1.807, 2.05) is 4.90 Å². The van der Waals surface area contributed by atoms with Gasteiger partial charge in [0.25, 0.3) is 17.1 Å². The first-order valence-corrected chi connectivity index (χ1v) is 11.2. The predicted octanol–water partition coefficient (Wildman–Crippen LogP) is 2.86. The fourth-order valence-electron chi connectivity index (χ4n) is 3.53. The van der Waals surface area contributed by atoms with E-state index >= 15 is 0 Å². The highest BCUT2D eigenvalue weighted by Gasteiger charge is 2.33. The number of nitrogens with zero attached hydrogens (tertiary/aromatic N) is 4. The van der Waals surface area contributed by atoms with Gasteiger partial charge in [-0.05, 0) is 54.8 Å². The molecule has 0 radical (unpaired) electrons. The van der Waals surface area contributed by atoms with Crippen molar-refractivity contribution >= 4 is 40.8 Å². The number of thioether (sulfide) groups is 1. The van der Waals surface area contributed by atoms with Crippen molar-refractivity contribution in [1.29, 1.82) is 0 Å². The molecule has 2 saturated heterocycles. The molecule has 0 unspecified atom stereocenters. The summed E-state index contributed by atoms with van der Waals surface area (Å²) in [7, 11) is 0. The van der Waals surface area contributed by atoms with Crippen LogP contribution in [0.3, 0.4) is 0 Å². The Labute approximate surface area is 196 Å². The van der Waals surface area contributed by atoms with E-state index in [0.29, 0.717) is 31.3 Å². The van der Waals surface area contributed by atoms with E-state index in [4.69, 9.17) is 0 Å². The number of amides is 3. The lowest BCUT2D eigenvalue weighted by atomic mass is 9.97. The Hall–Kier alpha value is -3.48. The third-order valence-corrected chi connectivity index (χ3v) is 6.12. The van der Waals surface area contributed by atoms with Crippen LogP contribution in [0.25, 0.3) is 6.08 Å². The molecule has 34 heavy (non-hydrogen) atoms. The molecule has 13 heteroatoms. The molecule has 0 atom stereocenters. The lowest BCUT2D eigenvalue weighted by Gasteiger charge is -2.32. The van der Waals surface area contributed by atoms with Crippen molar-refractivity contribution in [3.63, 3.8) is 0 Å². The van der Waals surface area contributed by atoms with Gasteiger partial charge >= 0.3 is 6.18 Å². The molecule has 0 aliphatic carbocycles. The van der Waals surface area contributed by atoms with Crippen molar-refractivity contribution in [1.82, 2.24) is 25.6 Å². The summed E-state index contributed by atoms with van der Waals surface area (Å²) in [6.07, 6.45) is -0.0726. The average Bonchev–Trinajstić information content (AvgIpc) is 3.13. The van der Waals surface area contributed by atoms with Crippen LogP contribution in [0.1, 0.15) is 34.7 Å². The maximum absolute atomic E-state index is 12.8. The molecule has 2 aromatic heterocycles. The second-order valence-electron chi connectivity index (χ2n) is 7.68. The Morgan fingerprint density at radius 1 is 1.21 bits per heavy atom. The number of carbonyl (C=O) groups excluding carboxylic acids is 3.